The summed E-state index contributed by atoms with van der Waals surface area (Å²) in [5.74, 6) is 0.768. The largest absolute Gasteiger partial charge is 0.393 e. The molecule has 2 rings (SSSR count). The standard InChI is InChI=1S/C13H26N2OS/c1-13(6-8-15(17)9-7-13)14-10-11-2-4-12(16)5-3-11/h11-12,14,16-17H,2-10H2,1H3. The topological polar surface area (TPSA) is 35.5 Å². The molecule has 0 amide bonds. The molecule has 1 saturated carbocycles. The number of thiol groups is 1. The summed E-state index contributed by atoms with van der Waals surface area (Å²) in [6.45, 7) is 5.62. The van der Waals surface area contributed by atoms with Crippen LogP contribution in [0.5, 0.6) is 0 Å². The molecule has 2 aliphatic rings. The Labute approximate surface area is 111 Å². The molecule has 0 aromatic rings. The van der Waals surface area contributed by atoms with Gasteiger partial charge in [-0.1, -0.05) is 12.8 Å². The summed E-state index contributed by atoms with van der Waals surface area (Å²) in [7, 11) is 0. The summed E-state index contributed by atoms with van der Waals surface area (Å²) < 4.78 is 2.11. The molecule has 2 N–H and O–H groups in total. The minimum absolute atomic E-state index is 0.0331. The van der Waals surface area contributed by atoms with E-state index < -0.39 is 0 Å². The highest BCUT2D eigenvalue weighted by atomic mass is 32.1. The Morgan fingerprint density at radius 2 is 1.82 bits per heavy atom. The van der Waals surface area contributed by atoms with Crippen LogP contribution in [0.2, 0.25) is 0 Å². The van der Waals surface area contributed by atoms with E-state index in [1.807, 2.05) is 0 Å². The van der Waals surface area contributed by atoms with E-state index in [0.29, 0.717) is 5.54 Å². The lowest BCUT2D eigenvalue weighted by Crippen LogP contribution is -2.51. The molecule has 3 nitrogen and oxygen atoms in total. The van der Waals surface area contributed by atoms with Crippen molar-refractivity contribution in [1.82, 2.24) is 9.62 Å². The SMILES string of the molecule is CC1(NCC2CCC(O)CC2)CCN(S)CC1. The maximum Gasteiger partial charge on any atom is 0.0540 e. The van der Waals surface area contributed by atoms with Gasteiger partial charge in [0.2, 0.25) is 0 Å². The van der Waals surface area contributed by atoms with Gasteiger partial charge in [-0.15, -0.1) is 0 Å². The van der Waals surface area contributed by atoms with Gasteiger partial charge in [-0.25, -0.2) is 0 Å². The van der Waals surface area contributed by atoms with Crippen LogP contribution in [0.1, 0.15) is 45.4 Å². The fourth-order valence-corrected chi connectivity index (χ4v) is 3.10. The number of piperidine rings is 1. The van der Waals surface area contributed by atoms with E-state index in [4.69, 9.17) is 0 Å². The fourth-order valence-electron chi connectivity index (χ4n) is 2.90. The van der Waals surface area contributed by atoms with Crippen LogP contribution in [0.4, 0.5) is 0 Å². The first-order valence-electron chi connectivity index (χ1n) is 6.94. The number of aliphatic hydroxyl groups excluding tert-OH is 1. The number of nitrogens with one attached hydrogen (secondary N) is 1. The van der Waals surface area contributed by atoms with Crippen LogP contribution in [0.15, 0.2) is 0 Å². The van der Waals surface area contributed by atoms with Crippen molar-refractivity contribution in [3.05, 3.63) is 0 Å². The molecule has 0 aromatic heterocycles. The number of nitrogens with zero attached hydrogens (tertiary/aromatic N) is 1. The second-order valence-corrected chi connectivity index (χ2v) is 6.64. The summed E-state index contributed by atoms with van der Waals surface area (Å²) in [4.78, 5) is 0. The third kappa shape index (κ3) is 4.12. The number of hydrogen-bond acceptors (Lipinski definition) is 4. The van der Waals surface area contributed by atoms with Crippen LogP contribution in [0, 0.1) is 5.92 Å². The average Bonchev–Trinajstić information content (AvgIpc) is 2.33. The van der Waals surface area contributed by atoms with Crippen LogP contribution in [0.3, 0.4) is 0 Å². The quantitative estimate of drug-likeness (QED) is 0.676. The molecule has 1 heterocycles. The molecular weight excluding hydrogens is 232 g/mol. The second-order valence-electron chi connectivity index (χ2n) is 6.07. The van der Waals surface area contributed by atoms with Gasteiger partial charge in [-0.05, 0) is 57.9 Å². The molecule has 0 radical (unpaired) electrons. The first-order valence-corrected chi connectivity index (χ1v) is 7.34. The van der Waals surface area contributed by atoms with Gasteiger partial charge in [-0.2, -0.15) is 0 Å². The highest BCUT2D eigenvalue weighted by Gasteiger charge is 2.29. The van der Waals surface area contributed by atoms with Crippen molar-refractivity contribution in [2.45, 2.75) is 57.1 Å². The molecule has 1 saturated heterocycles. The summed E-state index contributed by atoms with van der Waals surface area (Å²) in [5, 5.41) is 13.3. The molecule has 1 aliphatic heterocycles. The zero-order chi connectivity index (χ0) is 12.3. The van der Waals surface area contributed by atoms with Gasteiger partial charge in [0.15, 0.2) is 0 Å². The summed E-state index contributed by atoms with van der Waals surface area (Å²) in [6, 6.07) is 0. The predicted octanol–water partition coefficient (Wildman–Crippen LogP) is 1.83. The van der Waals surface area contributed by atoms with E-state index in [-0.39, 0.29) is 6.10 Å². The van der Waals surface area contributed by atoms with E-state index in [2.05, 4.69) is 29.4 Å². The number of rotatable bonds is 3. The molecule has 0 aromatic carbocycles. The minimum Gasteiger partial charge on any atom is -0.393 e. The molecule has 2 fully saturated rings. The number of hydrogen-bond donors (Lipinski definition) is 3. The van der Waals surface area contributed by atoms with Gasteiger partial charge in [0.25, 0.3) is 0 Å². The van der Waals surface area contributed by atoms with Crippen molar-refractivity contribution in [3.8, 4) is 0 Å². The average molecular weight is 258 g/mol. The Bertz CT molecular complexity index is 234. The summed E-state index contributed by atoms with van der Waals surface area (Å²) in [5.41, 5.74) is 0.301. The maximum absolute atomic E-state index is 9.49. The van der Waals surface area contributed by atoms with Crippen molar-refractivity contribution < 1.29 is 5.11 Å². The van der Waals surface area contributed by atoms with E-state index in [1.54, 1.807) is 0 Å². The summed E-state index contributed by atoms with van der Waals surface area (Å²) in [6.07, 6.45) is 6.69. The molecule has 100 valence electrons. The first kappa shape index (κ1) is 13.7. The highest BCUT2D eigenvalue weighted by molar-refractivity contribution is 7.77. The van der Waals surface area contributed by atoms with Gasteiger partial charge in [0.1, 0.15) is 0 Å². The molecule has 0 unspecified atom stereocenters. The number of aliphatic hydroxyl groups is 1. The lowest BCUT2D eigenvalue weighted by Gasteiger charge is -2.39. The van der Waals surface area contributed by atoms with E-state index in [1.165, 1.54) is 25.7 Å². The highest BCUT2D eigenvalue weighted by Crippen LogP contribution is 2.26. The van der Waals surface area contributed by atoms with Gasteiger partial charge >= 0.3 is 0 Å². The molecule has 0 bridgehead atoms. The van der Waals surface area contributed by atoms with Crippen LogP contribution in [0.25, 0.3) is 0 Å². The molecular formula is C13H26N2OS. The Balaban J connectivity index is 1.70. The summed E-state index contributed by atoms with van der Waals surface area (Å²) >= 11 is 4.40. The van der Waals surface area contributed by atoms with Crippen molar-refractivity contribution in [2.75, 3.05) is 19.6 Å². The molecule has 0 atom stereocenters. The Morgan fingerprint density at radius 1 is 1.24 bits per heavy atom. The van der Waals surface area contributed by atoms with Crippen molar-refractivity contribution in [1.29, 1.82) is 0 Å². The van der Waals surface area contributed by atoms with Crippen LogP contribution < -0.4 is 5.32 Å². The van der Waals surface area contributed by atoms with Crippen molar-refractivity contribution in [2.24, 2.45) is 5.92 Å². The van der Waals surface area contributed by atoms with Crippen LogP contribution in [-0.4, -0.2) is 40.7 Å². The van der Waals surface area contributed by atoms with E-state index in [9.17, 15) is 5.11 Å². The zero-order valence-electron chi connectivity index (χ0n) is 10.9. The van der Waals surface area contributed by atoms with Crippen LogP contribution >= 0.6 is 12.8 Å². The monoisotopic (exact) mass is 258 g/mol. The fraction of sp³-hybridized carbons (Fsp3) is 1.00. The Morgan fingerprint density at radius 3 is 2.41 bits per heavy atom. The zero-order valence-corrected chi connectivity index (χ0v) is 11.8. The van der Waals surface area contributed by atoms with Gasteiger partial charge < -0.3 is 10.4 Å². The third-order valence-electron chi connectivity index (χ3n) is 4.48. The van der Waals surface area contributed by atoms with Gasteiger partial charge in [-0.3, -0.25) is 4.31 Å². The Hall–Kier alpha value is 0.230. The molecule has 17 heavy (non-hydrogen) atoms. The minimum atomic E-state index is -0.0331. The third-order valence-corrected chi connectivity index (χ3v) is 4.88. The lowest BCUT2D eigenvalue weighted by molar-refractivity contribution is 0.103. The molecule has 1 aliphatic carbocycles. The normalized spacial score (nSPS) is 34.8. The van der Waals surface area contributed by atoms with Crippen molar-refractivity contribution in [3.63, 3.8) is 0 Å². The molecule has 4 heteroatoms. The van der Waals surface area contributed by atoms with Gasteiger partial charge in [0, 0.05) is 18.6 Å². The second kappa shape index (κ2) is 5.91. The van der Waals surface area contributed by atoms with E-state index >= 15 is 0 Å². The smallest absolute Gasteiger partial charge is 0.0540 e. The molecule has 0 spiro atoms. The maximum atomic E-state index is 9.49. The van der Waals surface area contributed by atoms with E-state index in [0.717, 1.165) is 38.4 Å². The van der Waals surface area contributed by atoms with Crippen molar-refractivity contribution >= 4 is 12.8 Å². The predicted molar refractivity (Wildman–Crippen MR) is 74.2 cm³/mol. The van der Waals surface area contributed by atoms with Crippen LogP contribution in [-0.2, 0) is 0 Å². The Kier molecular flexibility index (Phi) is 4.75. The first-order chi connectivity index (χ1) is 8.07. The lowest BCUT2D eigenvalue weighted by atomic mass is 9.85. The van der Waals surface area contributed by atoms with Gasteiger partial charge in [0.05, 0.1) is 6.10 Å².